The summed E-state index contributed by atoms with van der Waals surface area (Å²) >= 11 is 6.18. The van der Waals surface area contributed by atoms with E-state index >= 15 is 0 Å². The number of halogens is 1. The minimum Gasteiger partial charge on any atom is -0.436 e. The average molecular weight is 333 g/mol. The first kappa shape index (κ1) is 14.7. The van der Waals surface area contributed by atoms with Crippen molar-refractivity contribution in [1.29, 1.82) is 0 Å². The fourth-order valence-corrected chi connectivity index (χ4v) is 2.66. The van der Waals surface area contributed by atoms with Crippen molar-refractivity contribution in [2.45, 2.75) is 0 Å². The van der Waals surface area contributed by atoms with Crippen LogP contribution in [-0.4, -0.2) is 11.2 Å². The zero-order chi connectivity index (χ0) is 16.4. The fourth-order valence-electron chi connectivity index (χ4n) is 2.47. The van der Waals surface area contributed by atoms with Crippen molar-refractivity contribution in [3.8, 4) is 11.5 Å². The first-order valence-corrected chi connectivity index (χ1v) is 7.92. The molecular weight excluding hydrogens is 320 g/mol. The average Bonchev–Trinajstić information content (AvgIpc) is 3.05. The van der Waals surface area contributed by atoms with Crippen LogP contribution in [0.3, 0.4) is 0 Å². The van der Waals surface area contributed by atoms with Gasteiger partial charge in [-0.1, -0.05) is 54.1 Å². The zero-order valence-electron chi connectivity index (χ0n) is 12.7. The number of hydrogen-bond donors (Lipinski definition) is 0. The van der Waals surface area contributed by atoms with Crippen LogP contribution in [0.1, 0.15) is 5.56 Å². The molecule has 0 N–H and O–H groups in total. The van der Waals surface area contributed by atoms with Crippen LogP contribution < -0.4 is 0 Å². The molecule has 0 saturated heterocycles. The number of hydrogen-bond acceptors (Lipinski definition) is 3. The molecule has 0 radical (unpaired) electrons. The minimum atomic E-state index is 0.558. The molecule has 0 bridgehead atoms. The maximum absolute atomic E-state index is 6.18. The Balaban J connectivity index is 1.77. The Hall–Kier alpha value is -2.91. The highest BCUT2D eigenvalue weighted by atomic mass is 35.5. The predicted molar refractivity (Wildman–Crippen MR) is 98.2 cm³/mol. The lowest BCUT2D eigenvalue weighted by atomic mass is 10.2. The predicted octanol–water partition coefficient (Wildman–Crippen LogP) is 5.90. The van der Waals surface area contributed by atoms with E-state index < -0.39 is 0 Å². The highest BCUT2D eigenvalue weighted by Crippen LogP contribution is 2.31. The highest BCUT2D eigenvalue weighted by Gasteiger charge is 2.11. The van der Waals surface area contributed by atoms with Gasteiger partial charge in [0.15, 0.2) is 5.58 Å². The monoisotopic (exact) mass is 332 g/mol. The molecule has 0 saturated carbocycles. The van der Waals surface area contributed by atoms with E-state index in [-0.39, 0.29) is 0 Å². The van der Waals surface area contributed by atoms with Gasteiger partial charge in [-0.15, -0.1) is 0 Å². The summed E-state index contributed by atoms with van der Waals surface area (Å²) in [6, 6.07) is 23.1. The van der Waals surface area contributed by atoms with Crippen molar-refractivity contribution in [3.63, 3.8) is 0 Å². The van der Waals surface area contributed by atoms with Gasteiger partial charge in [-0.25, -0.2) is 4.98 Å². The summed E-state index contributed by atoms with van der Waals surface area (Å²) in [7, 11) is 0. The third kappa shape index (κ3) is 2.82. The minimum absolute atomic E-state index is 0.558. The van der Waals surface area contributed by atoms with E-state index in [2.05, 4.69) is 9.98 Å². The molecule has 4 heteroatoms. The molecule has 0 amide bonds. The van der Waals surface area contributed by atoms with E-state index in [1.165, 1.54) is 0 Å². The van der Waals surface area contributed by atoms with Crippen LogP contribution in [0.25, 0.3) is 22.6 Å². The number of nitrogens with zero attached hydrogens (tertiary/aromatic N) is 2. The molecule has 4 rings (SSSR count). The van der Waals surface area contributed by atoms with E-state index in [1.807, 2.05) is 72.8 Å². The molecule has 0 aliphatic heterocycles. The Kier molecular flexibility index (Phi) is 3.85. The van der Waals surface area contributed by atoms with E-state index in [0.717, 1.165) is 27.9 Å². The molecule has 3 nitrogen and oxygen atoms in total. The SMILES string of the molecule is Clc1ccccc1C=Nc1ccccc1-c1nc2ccccc2o1. The molecule has 0 aliphatic rings. The molecule has 0 aliphatic carbocycles. The van der Waals surface area contributed by atoms with Gasteiger partial charge < -0.3 is 4.42 Å². The summed E-state index contributed by atoms with van der Waals surface area (Å²) in [5, 5.41) is 0.667. The van der Waals surface area contributed by atoms with Gasteiger partial charge >= 0.3 is 0 Å². The Morgan fingerprint density at radius 2 is 1.62 bits per heavy atom. The van der Waals surface area contributed by atoms with E-state index in [0.29, 0.717) is 10.9 Å². The van der Waals surface area contributed by atoms with Crippen molar-refractivity contribution < 1.29 is 4.42 Å². The number of rotatable bonds is 3. The third-order valence-electron chi connectivity index (χ3n) is 3.68. The summed E-state index contributed by atoms with van der Waals surface area (Å²) in [6.07, 6.45) is 1.75. The molecule has 1 heterocycles. The van der Waals surface area contributed by atoms with Gasteiger partial charge in [0.05, 0.1) is 11.3 Å². The van der Waals surface area contributed by atoms with Gasteiger partial charge in [0.1, 0.15) is 5.52 Å². The number of aliphatic imine (C=N–C) groups is 1. The van der Waals surface area contributed by atoms with Crippen molar-refractivity contribution in [3.05, 3.63) is 83.4 Å². The summed E-state index contributed by atoms with van der Waals surface area (Å²) in [6.45, 7) is 0. The normalized spacial score (nSPS) is 11.4. The van der Waals surface area contributed by atoms with Crippen molar-refractivity contribution in [2.24, 2.45) is 4.99 Å². The lowest BCUT2D eigenvalue weighted by Gasteiger charge is -2.01. The lowest BCUT2D eigenvalue weighted by molar-refractivity contribution is 0.620. The Labute approximate surface area is 144 Å². The number of aromatic nitrogens is 1. The molecule has 0 atom stereocenters. The molecule has 1 aromatic heterocycles. The van der Waals surface area contributed by atoms with Crippen LogP contribution in [0, 0.1) is 0 Å². The Bertz CT molecular complexity index is 1000. The fraction of sp³-hybridized carbons (Fsp3) is 0. The quantitative estimate of drug-likeness (QED) is 0.438. The molecule has 24 heavy (non-hydrogen) atoms. The number of oxazole rings is 1. The zero-order valence-corrected chi connectivity index (χ0v) is 13.4. The number of fused-ring (bicyclic) bond motifs is 1. The second-order valence-corrected chi connectivity index (χ2v) is 5.69. The van der Waals surface area contributed by atoms with Gasteiger partial charge in [0, 0.05) is 16.8 Å². The van der Waals surface area contributed by atoms with Gasteiger partial charge in [0.2, 0.25) is 5.89 Å². The Morgan fingerprint density at radius 1 is 0.875 bits per heavy atom. The number of para-hydroxylation sites is 3. The molecule has 3 aromatic carbocycles. The summed E-state index contributed by atoms with van der Waals surface area (Å²) < 4.78 is 5.86. The topological polar surface area (TPSA) is 38.4 Å². The first-order valence-electron chi connectivity index (χ1n) is 7.55. The molecule has 0 spiro atoms. The molecule has 0 unspecified atom stereocenters. The largest absolute Gasteiger partial charge is 0.436 e. The van der Waals surface area contributed by atoms with Crippen LogP contribution in [0.2, 0.25) is 5.02 Å². The van der Waals surface area contributed by atoms with Gasteiger partial charge in [-0.05, 0) is 30.3 Å². The maximum Gasteiger partial charge on any atom is 0.229 e. The maximum atomic E-state index is 6.18. The van der Waals surface area contributed by atoms with Crippen LogP contribution in [-0.2, 0) is 0 Å². The van der Waals surface area contributed by atoms with Gasteiger partial charge in [-0.2, -0.15) is 0 Å². The second kappa shape index (κ2) is 6.30. The second-order valence-electron chi connectivity index (χ2n) is 5.28. The van der Waals surface area contributed by atoms with Crippen molar-refractivity contribution in [1.82, 2.24) is 4.98 Å². The molecule has 116 valence electrons. The van der Waals surface area contributed by atoms with Crippen LogP contribution >= 0.6 is 11.6 Å². The van der Waals surface area contributed by atoms with Gasteiger partial charge in [-0.3, -0.25) is 4.99 Å². The summed E-state index contributed by atoms with van der Waals surface area (Å²) in [5.74, 6) is 0.558. The van der Waals surface area contributed by atoms with E-state index in [9.17, 15) is 0 Å². The van der Waals surface area contributed by atoms with Crippen LogP contribution in [0.5, 0.6) is 0 Å². The van der Waals surface area contributed by atoms with E-state index in [4.69, 9.17) is 16.0 Å². The van der Waals surface area contributed by atoms with Crippen molar-refractivity contribution in [2.75, 3.05) is 0 Å². The smallest absolute Gasteiger partial charge is 0.229 e. The van der Waals surface area contributed by atoms with Gasteiger partial charge in [0.25, 0.3) is 0 Å². The summed E-state index contributed by atoms with van der Waals surface area (Å²) in [4.78, 5) is 9.12. The van der Waals surface area contributed by atoms with Crippen LogP contribution in [0.15, 0.2) is 82.2 Å². The Morgan fingerprint density at radius 3 is 2.50 bits per heavy atom. The van der Waals surface area contributed by atoms with Crippen molar-refractivity contribution >= 4 is 34.6 Å². The summed E-state index contributed by atoms with van der Waals surface area (Å²) in [5.41, 5.74) is 4.09. The lowest BCUT2D eigenvalue weighted by Crippen LogP contribution is -1.83. The molecular formula is C20H13ClN2O. The highest BCUT2D eigenvalue weighted by molar-refractivity contribution is 6.33. The standard InChI is InChI=1S/C20H13ClN2O/c21-16-9-3-1-7-14(16)13-22-17-10-4-2-8-15(17)20-23-18-11-5-6-12-19(18)24-20/h1-13H. The van der Waals surface area contributed by atoms with Crippen LogP contribution in [0.4, 0.5) is 5.69 Å². The number of benzene rings is 3. The first-order chi connectivity index (χ1) is 11.8. The van der Waals surface area contributed by atoms with E-state index in [1.54, 1.807) is 6.21 Å². The molecule has 4 aromatic rings. The third-order valence-corrected chi connectivity index (χ3v) is 4.02. The molecule has 0 fully saturated rings.